The molecule has 1 unspecified atom stereocenters. The molecule has 1 atom stereocenters. The molecule has 44 heavy (non-hydrogen) atoms. The van der Waals surface area contributed by atoms with Gasteiger partial charge in [0.05, 0.1) is 31.2 Å². The van der Waals surface area contributed by atoms with Crippen LogP contribution in [0, 0.1) is 20.8 Å². The fraction of sp³-hybridized carbons (Fsp3) is 0.486. The SMILES string of the molecule is CC/C=C(/N=C(/Nc1ccccc1P(O)C(C)C)c1c(C)n[nH]c1C)Nc1cc(C)c(C2CCN(C)CC2)cc1OC(C)C. The van der Waals surface area contributed by atoms with Crippen LogP contribution in [0.4, 0.5) is 11.4 Å². The van der Waals surface area contributed by atoms with E-state index < -0.39 is 8.15 Å². The lowest BCUT2D eigenvalue weighted by molar-refractivity contribution is 0.241. The highest BCUT2D eigenvalue weighted by Gasteiger charge is 2.23. The predicted octanol–water partition coefficient (Wildman–Crippen LogP) is 7.58. The minimum absolute atomic E-state index is 0.0324. The molecule has 1 aliphatic rings. The average molecular weight is 619 g/mol. The maximum absolute atomic E-state index is 11.1. The molecule has 9 heteroatoms. The van der Waals surface area contributed by atoms with Crippen LogP contribution in [0.3, 0.4) is 0 Å². The van der Waals surface area contributed by atoms with Crippen LogP contribution in [0.15, 0.2) is 53.3 Å². The number of likely N-dealkylation sites (tertiary alicyclic amines) is 1. The molecule has 1 fully saturated rings. The van der Waals surface area contributed by atoms with Crippen LogP contribution < -0.4 is 20.7 Å². The highest BCUT2D eigenvalue weighted by Crippen LogP contribution is 2.39. The first-order valence-electron chi connectivity index (χ1n) is 15.9. The van der Waals surface area contributed by atoms with Crippen molar-refractivity contribution in [1.82, 2.24) is 15.1 Å². The van der Waals surface area contributed by atoms with Gasteiger partial charge in [-0.15, -0.1) is 0 Å². The number of aliphatic imine (C=N–C) groups is 1. The Bertz CT molecular complexity index is 1450. The molecule has 2 heterocycles. The molecule has 2 aromatic carbocycles. The van der Waals surface area contributed by atoms with E-state index in [1.807, 2.05) is 52.0 Å². The highest BCUT2D eigenvalue weighted by molar-refractivity contribution is 7.61. The molecule has 0 bridgehead atoms. The molecule has 0 saturated carbocycles. The molecular weight excluding hydrogens is 567 g/mol. The number of hydrogen-bond donors (Lipinski definition) is 4. The molecule has 1 aliphatic heterocycles. The zero-order valence-electron chi connectivity index (χ0n) is 28.0. The van der Waals surface area contributed by atoms with Gasteiger partial charge in [0.2, 0.25) is 0 Å². The van der Waals surface area contributed by atoms with Crippen molar-refractivity contribution in [1.29, 1.82) is 0 Å². The van der Waals surface area contributed by atoms with Crippen LogP contribution in [-0.2, 0) is 0 Å². The molecule has 1 saturated heterocycles. The monoisotopic (exact) mass is 618 g/mol. The summed E-state index contributed by atoms with van der Waals surface area (Å²) in [6, 6.07) is 12.4. The summed E-state index contributed by atoms with van der Waals surface area (Å²) in [7, 11) is 0.857. The van der Waals surface area contributed by atoms with Crippen LogP contribution in [0.2, 0.25) is 0 Å². The van der Waals surface area contributed by atoms with Crippen LogP contribution in [0.25, 0.3) is 0 Å². The molecule has 0 aliphatic carbocycles. The minimum Gasteiger partial charge on any atom is -0.489 e. The fourth-order valence-corrected chi connectivity index (χ4v) is 6.89. The second kappa shape index (κ2) is 15.2. The molecule has 0 radical (unpaired) electrons. The largest absolute Gasteiger partial charge is 0.489 e. The number of aromatic amines is 1. The van der Waals surface area contributed by atoms with Crippen LogP contribution in [-0.4, -0.2) is 57.7 Å². The summed E-state index contributed by atoms with van der Waals surface area (Å²) < 4.78 is 6.40. The van der Waals surface area contributed by atoms with Crippen molar-refractivity contribution in [2.45, 2.75) is 92.3 Å². The zero-order valence-corrected chi connectivity index (χ0v) is 28.8. The Morgan fingerprint density at radius 3 is 2.43 bits per heavy atom. The second-order valence-electron chi connectivity index (χ2n) is 12.4. The predicted molar refractivity (Wildman–Crippen MR) is 187 cm³/mol. The summed E-state index contributed by atoms with van der Waals surface area (Å²) in [5.41, 5.74) is 7.17. The van der Waals surface area contributed by atoms with E-state index in [2.05, 4.69) is 78.7 Å². The minimum atomic E-state index is -1.34. The van der Waals surface area contributed by atoms with Gasteiger partial charge in [-0.25, -0.2) is 4.99 Å². The smallest absolute Gasteiger partial charge is 0.143 e. The van der Waals surface area contributed by atoms with Gasteiger partial charge in [0.15, 0.2) is 0 Å². The number of aryl methyl sites for hydroxylation is 3. The third kappa shape index (κ3) is 8.29. The van der Waals surface area contributed by atoms with Crippen molar-refractivity contribution >= 4 is 30.7 Å². The molecule has 0 spiro atoms. The number of anilines is 2. The molecule has 1 aromatic heterocycles. The number of ether oxygens (including phenoxy) is 1. The van der Waals surface area contributed by atoms with E-state index in [0.717, 1.165) is 71.7 Å². The Kier molecular flexibility index (Phi) is 11.6. The van der Waals surface area contributed by atoms with Gasteiger partial charge in [-0.05, 0) is 115 Å². The number of para-hydroxylation sites is 1. The number of rotatable bonds is 11. The standard InChI is InChI=1S/C35H51N6O2P/c1-10-13-33(36-30-20-24(6)28(21-31(30)43-22(2)3)27-16-18-41(9)19-17-27)38-35(34-25(7)39-40-26(34)8)37-29-14-11-12-15-32(29)44(42)23(4)5/h11-15,20-23,27,36,42H,10,16-19H2,1-9H3,(H,37,38)(H,39,40)/b33-13+. The Balaban J connectivity index is 1.77. The number of piperidine rings is 1. The van der Waals surface area contributed by atoms with Crippen molar-refractivity contribution < 1.29 is 9.63 Å². The van der Waals surface area contributed by atoms with Crippen molar-refractivity contribution in [3.63, 3.8) is 0 Å². The average Bonchev–Trinajstić information content (AvgIpc) is 3.31. The molecule has 0 amide bonds. The number of H-pyrrole nitrogens is 1. The Morgan fingerprint density at radius 1 is 1.11 bits per heavy atom. The number of hydrogen-bond acceptors (Lipinski definition) is 6. The quantitative estimate of drug-likeness (QED) is 0.101. The van der Waals surface area contributed by atoms with Gasteiger partial charge in [-0.2, -0.15) is 5.10 Å². The summed E-state index contributed by atoms with van der Waals surface area (Å²) in [4.78, 5) is 18.7. The third-order valence-electron chi connectivity index (χ3n) is 8.04. The van der Waals surface area contributed by atoms with Gasteiger partial charge in [0.1, 0.15) is 17.4 Å². The van der Waals surface area contributed by atoms with Gasteiger partial charge in [0.25, 0.3) is 0 Å². The Labute approximate surface area is 265 Å². The maximum Gasteiger partial charge on any atom is 0.143 e. The van der Waals surface area contributed by atoms with E-state index in [4.69, 9.17) is 9.73 Å². The van der Waals surface area contributed by atoms with Crippen molar-refractivity contribution in [2.75, 3.05) is 30.8 Å². The number of amidine groups is 1. The molecule has 238 valence electrons. The third-order valence-corrected chi connectivity index (χ3v) is 9.90. The van der Waals surface area contributed by atoms with E-state index in [-0.39, 0.29) is 11.8 Å². The van der Waals surface area contributed by atoms with Crippen LogP contribution in [0.5, 0.6) is 5.75 Å². The summed E-state index contributed by atoms with van der Waals surface area (Å²) in [5.74, 6) is 2.74. The van der Waals surface area contributed by atoms with Crippen molar-refractivity contribution in [3.05, 3.63) is 76.4 Å². The molecule has 4 rings (SSSR count). The number of nitrogens with one attached hydrogen (secondary N) is 3. The van der Waals surface area contributed by atoms with Crippen molar-refractivity contribution in [2.24, 2.45) is 4.99 Å². The number of allylic oxidation sites excluding steroid dienone is 1. The summed E-state index contributed by atoms with van der Waals surface area (Å²) in [6.45, 7) is 18.7. The number of nitrogens with zero attached hydrogens (tertiary/aromatic N) is 3. The second-order valence-corrected chi connectivity index (χ2v) is 14.6. The van der Waals surface area contributed by atoms with E-state index in [0.29, 0.717) is 17.6 Å². The molecule has 4 N–H and O–H groups in total. The first-order chi connectivity index (χ1) is 21.0. The summed E-state index contributed by atoms with van der Waals surface area (Å²) in [5, 5.41) is 15.7. The first-order valence-corrected chi connectivity index (χ1v) is 17.3. The lowest BCUT2D eigenvalue weighted by Crippen LogP contribution is -2.29. The zero-order chi connectivity index (χ0) is 32.0. The van der Waals surface area contributed by atoms with Crippen LogP contribution in [0.1, 0.15) is 87.9 Å². The van der Waals surface area contributed by atoms with E-state index in [9.17, 15) is 4.89 Å². The van der Waals surface area contributed by atoms with Gasteiger partial charge < -0.3 is 25.2 Å². The number of aromatic nitrogens is 2. The summed E-state index contributed by atoms with van der Waals surface area (Å²) >= 11 is 0. The van der Waals surface area contributed by atoms with Gasteiger partial charge in [0, 0.05) is 22.3 Å². The molecular formula is C35H51N6O2P. The Hall–Kier alpha value is -3.19. The molecule has 3 aromatic rings. The number of benzene rings is 2. The van der Waals surface area contributed by atoms with Gasteiger partial charge >= 0.3 is 0 Å². The van der Waals surface area contributed by atoms with E-state index >= 15 is 0 Å². The maximum atomic E-state index is 11.1. The topological polar surface area (TPSA) is 97.8 Å². The van der Waals surface area contributed by atoms with E-state index in [1.165, 1.54) is 11.1 Å². The lowest BCUT2D eigenvalue weighted by atomic mass is 9.86. The lowest BCUT2D eigenvalue weighted by Gasteiger charge is -2.31. The molecule has 8 nitrogen and oxygen atoms in total. The van der Waals surface area contributed by atoms with Gasteiger partial charge in [-0.1, -0.05) is 39.0 Å². The van der Waals surface area contributed by atoms with Gasteiger partial charge in [-0.3, -0.25) is 5.10 Å². The normalized spacial score (nSPS) is 16.1. The summed E-state index contributed by atoms with van der Waals surface area (Å²) in [6.07, 6.45) is 5.23. The van der Waals surface area contributed by atoms with E-state index in [1.54, 1.807) is 0 Å². The van der Waals surface area contributed by atoms with Crippen molar-refractivity contribution in [3.8, 4) is 5.75 Å². The Morgan fingerprint density at radius 2 is 1.82 bits per heavy atom. The fourth-order valence-electron chi connectivity index (χ4n) is 5.72. The first kappa shape index (κ1) is 33.7. The van der Waals surface area contributed by atoms with Crippen LogP contribution >= 0.6 is 8.15 Å². The highest BCUT2D eigenvalue weighted by atomic mass is 31.1.